The zero-order chi connectivity index (χ0) is 47.3. The van der Waals surface area contributed by atoms with E-state index in [1.54, 1.807) is 38.1 Å². The molecule has 4 aliphatic heterocycles. The standard InChI is InChI=1S/2C27H36FN3O3.CH4/c2*1-2-23(32)29-20-4-5-22(21(28)12-20)30-8-3-6-26(16-30)7-9-31(25(26)34)27-13-17-10-18(14-27)24(33)19(11-17)15-27;/h2*4-5,12,17-19,24,33H,2-3,6-11,13-16H2,1H3,(H,29,32);1H4. The summed E-state index contributed by atoms with van der Waals surface area (Å²) in [6.07, 6.45) is 15.9. The van der Waals surface area contributed by atoms with Crippen molar-refractivity contribution < 1.29 is 38.2 Å². The lowest BCUT2D eigenvalue weighted by Crippen LogP contribution is -2.65. The molecule has 2 aromatic rings. The van der Waals surface area contributed by atoms with Gasteiger partial charge in [-0.3, -0.25) is 19.2 Å². The van der Waals surface area contributed by atoms with E-state index in [4.69, 9.17) is 0 Å². The van der Waals surface area contributed by atoms with Gasteiger partial charge < -0.3 is 40.4 Å². The first-order chi connectivity index (χ1) is 32.6. The van der Waals surface area contributed by atoms with Gasteiger partial charge in [0.05, 0.1) is 34.4 Å². The van der Waals surface area contributed by atoms with Crippen molar-refractivity contribution in [3.05, 3.63) is 48.0 Å². The molecular formula is C55H76F2N6O6. The largest absolute Gasteiger partial charge is 0.393 e. The summed E-state index contributed by atoms with van der Waals surface area (Å²) in [5, 5.41) is 26.8. The Labute approximate surface area is 407 Å². The number of hydrogen-bond donors (Lipinski definition) is 4. The van der Waals surface area contributed by atoms with Gasteiger partial charge in [0.2, 0.25) is 23.6 Å². The summed E-state index contributed by atoms with van der Waals surface area (Å²) in [5.74, 6) is 2.21. The Kier molecular flexibility index (Phi) is 12.7. The first kappa shape index (κ1) is 48.3. The van der Waals surface area contributed by atoms with Crippen LogP contribution in [0, 0.1) is 58.0 Å². The number of halogens is 2. The van der Waals surface area contributed by atoms with E-state index in [1.165, 1.54) is 12.1 Å². The molecular weight excluding hydrogens is 879 g/mol. The van der Waals surface area contributed by atoms with E-state index in [-0.39, 0.29) is 66.0 Å². The van der Waals surface area contributed by atoms with Gasteiger partial charge in [0.1, 0.15) is 11.6 Å². The van der Waals surface area contributed by atoms with E-state index in [0.717, 1.165) is 129 Å². The Morgan fingerprint density at radius 1 is 0.594 bits per heavy atom. The van der Waals surface area contributed by atoms with Crippen molar-refractivity contribution in [1.29, 1.82) is 0 Å². The van der Waals surface area contributed by atoms with Gasteiger partial charge in [-0.15, -0.1) is 0 Å². The molecule has 4 amide bonds. The quantitative estimate of drug-likeness (QED) is 0.206. The highest BCUT2D eigenvalue weighted by molar-refractivity contribution is 5.92. The van der Waals surface area contributed by atoms with E-state index in [1.807, 2.05) is 9.80 Å². The molecule has 69 heavy (non-hydrogen) atoms. The van der Waals surface area contributed by atoms with Crippen LogP contribution in [0.15, 0.2) is 36.4 Å². The fraction of sp³-hybridized carbons (Fsp3) is 0.709. The number of piperidine rings is 2. The molecule has 6 atom stereocenters. The summed E-state index contributed by atoms with van der Waals surface area (Å²) in [6, 6.07) is 9.73. The first-order valence-corrected chi connectivity index (χ1v) is 26.3. The number of carbonyl (C=O) groups is 4. The summed E-state index contributed by atoms with van der Waals surface area (Å²) in [7, 11) is 0. The molecule has 12 aliphatic rings. The molecule has 2 aromatic carbocycles. The highest BCUT2D eigenvalue weighted by Gasteiger charge is 2.64. The van der Waals surface area contributed by atoms with E-state index in [2.05, 4.69) is 20.4 Å². The molecule has 0 radical (unpaired) electrons. The van der Waals surface area contributed by atoms with Crippen molar-refractivity contribution in [2.75, 3.05) is 59.7 Å². The molecule has 14 rings (SSSR count). The average molecular weight is 955 g/mol. The second-order valence-electron chi connectivity index (χ2n) is 23.5. The minimum Gasteiger partial charge on any atom is -0.393 e. The number of benzene rings is 2. The van der Waals surface area contributed by atoms with Gasteiger partial charge in [-0.1, -0.05) is 21.3 Å². The number of hydrogen-bond acceptors (Lipinski definition) is 8. The summed E-state index contributed by atoms with van der Waals surface area (Å²) < 4.78 is 30.1. The molecule has 8 aliphatic carbocycles. The van der Waals surface area contributed by atoms with Gasteiger partial charge in [-0.25, -0.2) is 8.78 Å². The van der Waals surface area contributed by atoms with Crippen LogP contribution in [-0.4, -0.2) is 106 Å². The maximum Gasteiger partial charge on any atom is 0.231 e. The fourth-order valence-corrected chi connectivity index (χ4v) is 16.7. The highest BCUT2D eigenvalue weighted by Crippen LogP contribution is 2.61. The summed E-state index contributed by atoms with van der Waals surface area (Å²) >= 11 is 0. The molecule has 4 heterocycles. The van der Waals surface area contributed by atoms with Crippen LogP contribution in [0.25, 0.3) is 0 Å². The van der Waals surface area contributed by atoms with E-state index >= 15 is 8.78 Å². The summed E-state index contributed by atoms with van der Waals surface area (Å²) in [4.78, 5) is 59.9. The van der Waals surface area contributed by atoms with Gasteiger partial charge in [-0.05, 0) is 175 Å². The second kappa shape index (κ2) is 18.1. The average Bonchev–Trinajstić information content (AvgIpc) is 3.81. The minimum absolute atomic E-state index is 0. The number of nitrogens with one attached hydrogen (secondary N) is 2. The molecule has 8 saturated carbocycles. The Balaban J connectivity index is 0.000000158. The monoisotopic (exact) mass is 955 g/mol. The number of nitrogens with zero attached hydrogens (tertiary/aromatic N) is 4. The van der Waals surface area contributed by atoms with Gasteiger partial charge in [0, 0.05) is 74.6 Å². The van der Waals surface area contributed by atoms with Crippen LogP contribution in [0.3, 0.4) is 0 Å². The number of rotatable bonds is 8. The number of carbonyl (C=O) groups excluding carboxylic acids is 4. The van der Waals surface area contributed by atoms with Gasteiger partial charge >= 0.3 is 0 Å². The molecule has 14 heteroatoms. The topological polar surface area (TPSA) is 146 Å². The molecule has 4 saturated heterocycles. The van der Waals surface area contributed by atoms with Crippen molar-refractivity contribution in [3.8, 4) is 0 Å². The zero-order valence-electron chi connectivity index (χ0n) is 40.1. The molecule has 12 nitrogen and oxygen atoms in total. The van der Waals surface area contributed by atoms with Crippen LogP contribution in [0.2, 0.25) is 0 Å². The molecule has 6 unspecified atom stereocenters. The highest BCUT2D eigenvalue weighted by atomic mass is 19.1. The van der Waals surface area contributed by atoms with Crippen molar-refractivity contribution in [2.24, 2.45) is 46.3 Å². The predicted octanol–water partition coefficient (Wildman–Crippen LogP) is 8.50. The number of likely N-dealkylation sites (tertiary alicyclic amines) is 2. The zero-order valence-corrected chi connectivity index (χ0v) is 40.1. The molecule has 0 aromatic heterocycles. The molecule has 8 bridgehead atoms. The molecule has 2 spiro atoms. The van der Waals surface area contributed by atoms with Crippen molar-refractivity contribution in [1.82, 2.24) is 9.80 Å². The van der Waals surface area contributed by atoms with E-state index in [0.29, 0.717) is 84.2 Å². The summed E-state index contributed by atoms with van der Waals surface area (Å²) in [5.41, 5.74) is 0.935. The van der Waals surface area contributed by atoms with Crippen LogP contribution >= 0.6 is 0 Å². The Bertz CT molecular complexity index is 2160. The number of anilines is 4. The van der Waals surface area contributed by atoms with Crippen LogP contribution in [0.5, 0.6) is 0 Å². The maximum absolute atomic E-state index is 15.1. The first-order valence-electron chi connectivity index (χ1n) is 26.3. The predicted molar refractivity (Wildman–Crippen MR) is 262 cm³/mol. The van der Waals surface area contributed by atoms with Gasteiger partial charge in [-0.2, -0.15) is 0 Å². The van der Waals surface area contributed by atoms with Crippen molar-refractivity contribution in [3.63, 3.8) is 0 Å². The minimum atomic E-state index is -0.443. The maximum atomic E-state index is 15.1. The fourth-order valence-electron chi connectivity index (χ4n) is 16.7. The van der Waals surface area contributed by atoms with Crippen LogP contribution in [0.1, 0.15) is 137 Å². The van der Waals surface area contributed by atoms with Gasteiger partial charge in [0.15, 0.2) is 0 Å². The van der Waals surface area contributed by atoms with Gasteiger partial charge in [0.25, 0.3) is 0 Å². The third-order valence-electron chi connectivity index (χ3n) is 19.5. The number of amides is 4. The van der Waals surface area contributed by atoms with Crippen molar-refractivity contribution >= 4 is 46.4 Å². The van der Waals surface area contributed by atoms with Crippen LogP contribution in [0.4, 0.5) is 31.5 Å². The lowest BCUT2D eigenvalue weighted by atomic mass is 9.51. The lowest BCUT2D eigenvalue weighted by molar-refractivity contribution is -0.168. The number of aliphatic hydroxyl groups is 2. The number of aliphatic hydroxyl groups excluding tert-OH is 2. The smallest absolute Gasteiger partial charge is 0.231 e. The van der Waals surface area contributed by atoms with E-state index < -0.39 is 10.8 Å². The molecule has 12 fully saturated rings. The van der Waals surface area contributed by atoms with Crippen LogP contribution in [-0.2, 0) is 19.2 Å². The normalized spacial score (nSPS) is 38.2. The second-order valence-corrected chi connectivity index (χ2v) is 23.5. The third kappa shape index (κ3) is 8.23. The van der Waals surface area contributed by atoms with E-state index in [9.17, 15) is 29.4 Å². The Morgan fingerprint density at radius 2 is 0.971 bits per heavy atom. The third-order valence-corrected chi connectivity index (χ3v) is 19.5. The lowest BCUT2D eigenvalue weighted by Gasteiger charge is -2.61. The summed E-state index contributed by atoms with van der Waals surface area (Å²) in [6.45, 7) is 7.68. The Morgan fingerprint density at radius 3 is 1.32 bits per heavy atom. The van der Waals surface area contributed by atoms with Crippen LogP contribution < -0.4 is 20.4 Å². The Hall–Kier alpha value is -4.30. The SMILES string of the molecule is C.CCC(=O)Nc1ccc(N2CCCC3(CCN(C45CC6CC(C4)C(O)C(C6)C5)C3=O)C2)c(F)c1.CCC(=O)Nc1ccc(N2CCCC3(CCN(C45CC6CC(C4)C(O)C(C6)C5)C3=O)C2)c(F)c1. The molecule has 376 valence electrons. The van der Waals surface area contributed by atoms with Crippen molar-refractivity contribution in [2.45, 2.75) is 160 Å². The molecule has 4 N–H and O–H groups in total.